The summed E-state index contributed by atoms with van der Waals surface area (Å²) in [5, 5.41) is 3.06. The van der Waals surface area contributed by atoms with Gasteiger partial charge >= 0.3 is 5.97 Å². The molecule has 8 nitrogen and oxygen atoms in total. The molecule has 1 aromatic rings. The van der Waals surface area contributed by atoms with Crippen LogP contribution in [0.5, 0.6) is 5.75 Å². The molecule has 1 aromatic carbocycles. The number of carbonyl (C=O) groups excluding carboxylic acids is 3. The number of ether oxygens (including phenoxy) is 2. The van der Waals surface area contributed by atoms with Gasteiger partial charge in [0.1, 0.15) is 12.2 Å². The van der Waals surface area contributed by atoms with Gasteiger partial charge in [-0.3, -0.25) is 19.3 Å². The van der Waals surface area contributed by atoms with Gasteiger partial charge in [-0.05, 0) is 43.0 Å². The van der Waals surface area contributed by atoms with Crippen LogP contribution in [0.25, 0.3) is 0 Å². The molecule has 2 aliphatic rings. The Morgan fingerprint density at radius 2 is 1.67 bits per heavy atom. The zero-order valence-electron chi connectivity index (χ0n) is 17.8. The summed E-state index contributed by atoms with van der Waals surface area (Å²) in [5.74, 6) is 0.321. The van der Waals surface area contributed by atoms with Gasteiger partial charge in [0.15, 0.2) is 0 Å². The SMILES string of the molecule is COC(=O)CC(=O)N1CCN(C(C(=O)Nc2ccc(OC)cc2)C2CCCC2)CC1. The number of nitrogens with one attached hydrogen (secondary N) is 1. The zero-order valence-corrected chi connectivity index (χ0v) is 17.8. The summed E-state index contributed by atoms with van der Waals surface area (Å²) in [6.07, 6.45) is 4.15. The molecule has 1 saturated heterocycles. The number of hydrogen-bond acceptors (Lipinski definition) is 6. The first-order valence-electron chi connectivity index (χ1n) is 10.6. The minimum atomic E-state index is -0.523. The van der Waals surface area contributed by atoms with Crippen molar-refractivity contribution in [1.29, 1.82) is 0 Å². The molecule has 0 spiro atoms. The maximum atomic E-state index is 13.2. The van der Waals surface area contributed by atoms with Gasteiger partial charge in [-0.25, -0.2) is 0 Å². The number of nitrogens with zero attached hydrogens (tertiary/aromatic N) is 2. The number of carbonyl (C=O) groups is 3. The average Bonchev–Trinajstić information content (AvgIpc) is 3.29. The van der Waals surface area contributed by atoms with E-state index in [9.17, 15) is 14.4 Å². The van der Waals surface area contributed by atoms with Gasteiger partial charge in [0.2, 0.25) is 11.8 Å². The van der Waals surface area contributed by atoms with E-state index in [-0.39, 0.29) is 24.3 Å². The molecule has 1 atom stereocenters. The van der Waals surface area contributed by atoms with Crippen LogP contribution in [0.3, 0.4) is 0 Å². The molecule has 1 heterocycles. The molecule has 1 unspecified atom stereocenters. The van der Waals surface area contributed by atoms with E-state index in [1.807, 2.05) is 24.3 Å². The summed E-state index contributed by atoms with van der Waals surface area (Å²) < 4.78 is 9.76. The molecule has 0 radical (unpaired) electrons. The molecule has 8 heteroatoms. The Bertz CT molecular complexity index is 738. The minimum Gasteiger partial charge on any atom is -0.497 e. The summed E-state index contributed by atoms with van der Waals surface area (Å²) in [5.41, 5.74) is 0.746. The van der Waals surface area contributed by atoms with Crippen LogP contribution in [0.2, 0.25) is 0 Å². The van der Waals surface area contributed by atoms with E-state index in [2.05, 4.69) is 15.0 Å². The fourth-order valence-electron chi connectivity index (χ4n) is 4.40. The maximum Gasteiger partial charge on any atom is 0.315 e. The summed E-state index contributed by atoms with van der Waals surface area (Å²) >= 11 is 0. The van der Waals surface area contributed by atoms with Crippen molar-refractivity contribution in [3.63, 3.8) is 0 Å². The summed E-state index contributed by atoms with van der Waals surface area (Å²) in [4.78, 5) is 40.7. The minimum absolute atomic E-state index is 0.00130. The number of methoxy groups -OCH3 is 2. The van der Waals surface area contributed by atoms with Gasteiger partial charge in [0.25, 0.3) is 0 Å². The molecule has 0 bridgehead atoms. The third-order valence-electron chi connectivity index (χ3n) is 6.06. The highest BCUT2D eigenvalue weighted by molar-refractivity contribution is 5.95. The second kappa shape index (κ2) is 10.4. The first-order valence-corrected chi connectivity index (χ1v) is 10.6. The topological polar surface area (TPSA) is 88.2 Å². The van der Waals surface area contributed by atoms with E-state index < -0.39 is 5.97 Å². The standard InChI is InChI=1S/C22H31N3O5/c1-29-18-9-7-17(8-10-18)23-22(28)21(16-5-3-4-6-16)25-13-11-24(12-14-25)19(26)15-20(27)30-2/h7-10,16,21H,3-6,11-15H2,1-2H3,(H,23,28). The fraction of sp³-hybridized carbons (Fsp3) is 0.591. The van der Waals surface area contributed by atoms with Gasteiger partial charge in [-0.15, -0.1) is 0 Å². The Balaban J connectivity index is 1.63. The van der Waals surface area contributed by atoms with Crippen LogP contribution in [0.1, 0.15) is 32.1 Å². The number of anilines is 1. The van der Waals surface area contributed by atoms with Crippen molar-refractivity contribution < 1.29 is 23.9 Å². The number of amides is 2. The highest BCUT2D eigenvalue weighted by Gasteiger charge is 2.37. The average molecular weight is 418 g/mol. The van der Waals surface area contributed by atoms with Crippen molar-refractivity contribution in [3.05, 3.63) is 24.3 Å². The van der Waals surface area contributed by atoms with Crippen LogP contribution in [-0.4, -0.2) is 74.0 Å². The lowest BCUT2D eigenvalue weighted by atomic mass is 9.94. The van der Waals surface area contributed by atoms with Crippen molar-refractivity contribution in [3.8, 4) is 5.75 Å². The number of esters is 1. The predicted molar refractivity (Wildman–Crippen MR) is 112 cm³/mol. The molecule has 1 aliphatic carbocycles. The molecule has 2 amide bonds. The lowest BCUT2D eigenvalue weighted by molar-refractivity contribution is -0.147. The first kappa shape index (κ1) is 22.1. The molecule has 1 N–H and O–H groups in total. The Hall–Kier alpha value is -2.61. The third-order valence-corrected chi connectivity index (χ3v) is 6.06. The Kier molecular flexibility index (Phi) is 7.68. The molecule has 3 rings (SSSR count). The molecule has 1 saturated carbocycles. The lowest BCUT2D eigenvalue weighted by Gasteiger charge is -2.40. The lowest BCUT2D eigenvalue weighted by Crippen LogP contribution is -2.57. The molecule has 2 fully saturated rings. The van der Waals surface area contributed by atoms with Crippen molar-refractivity contribution in [2.75, 3.05) is 45.7 Å². The quantitative estimate of drug-likeness (QED) is 0.539. The smallest absolute Gasteiger partial charge is 0.315 e. The number of rotatable bonds is 7. The second-order valence-corrected chi connectivity index (χ2v) is 7.88. The van der Waals surface area contributed by atoms with Crippen LogP contribution >= 0.6 is 0 Å². The number of hydrogen-bond donors (Lipinski definition) is 1. The third kappa shape index (κ3) is 5.50. The highest BCUT2D eigenvalue weighted by atomic mass is 16.5. The van der Waals surface area contributed by atoms with Crippen molar-refractivity contribution >= 4 is 23.5 Å². The van der Waals surface area contributed by atoms with E-state index in [1.165, 1.54) is 7.11 Å². The normalized spacial score (nSPS) is 18.7. The fourth-order valence-corrected chi connectivity index (χ4v) is 4.40. The Morgan fingerprint density at radius 3 is 2.23 bits per heavy atom. The van der Waals surface area contributed by atoms with Crippen LogP contribution in [0.15, 0.2) is 24.3 Å². The Labute approximate surface area is 177 Å². The summed E-state index contributed by atoms with van der Waals surface area (Å²) in [6.45, 7) is 2.25. The molecule has 0 aromatic heterocycles. The number of piperazine rings is 1. The van der Waals surface area contributed by atoms with E-state index in [0.717, 1.165) is 37.1 Å². The summed E-state index contributed by atoms with van der Waals surface area (Å²) in [6, 6.07) is 7.11. The second-order valence-electron chi connectivity index (χ2n) is 7.88. The summed E-state index contributed by atoms with van der Waals surface area (Å²) in [7, 11) is 2.89. The van der Waals surface area contributed by atoms with Crippen molar-refractivity contribution in [2.45, 2.75) is 38.1 Å². The van der Waals surface area contributed by atoms with Crippen LogP contribution in [0, 0.1) is 5.92 Å². The van der Waals surface area contributed by atoms with Gasteiger partial charge in [0.05, 0.1) is 20.3 Å². The van der Waals surface area contributed by atoms with Crippen LogP contribution in [-0.2, 0) is 19.1 Å². The monoisotopic (exact) mass is 417 g/mol. The zero-order chi connectivity index (χ0) is 21.5. The number of benzene rings is 1. The van der Waals surface area contributed by atoms with Gasteiger partial charge < -0.3 is 19.7 Å². The van der Waals surface area contributed by atoms with Gasteiger partial charge in [-0.2, -0.15) is 0 Å². The predicted octanol–water partition coefficient (Wildman–Crippen LogP) is 1.90. The van der Waals surface area contributed by atoms with Gasteiger partial charge in [0, 0.05) is 31.9 Å². The van der Waals surface area contributed by atoms with Crippen molar-refractivity contribution in [1.82, 2.24) is 9.80 Å². The largest absolute Gasteiger partial charge is 0.497 e. The van der Waals surface area contributed by atoms with Crippen molar-refractivity contribution in [2.24, 2.45) is 5.92 Å². The molecular weight excluding hydrogens is 386 g/mol. The van der Waals surface area contributed by atoms with E-state index in [4.69, 9.17) is 4.74 Å². The van der Waals surface area contributed by atoms with Crippen LogP contribution < -0.4 is 10.1 Å². The van der Waals surface area contributed by atoms with Crippen LogP contribution in [0.4, 0.5) is 5.69 Å². The first-order chi connectivity index (χ1) is 14.5. The van der Waals surface area contributed by atoms with E-state index in [0.29, 0.717) is 32.1 Å². The van der Waals surface area contributed by atoms with E-state index in [1.54, 1.807) is 12.0 Å². The molecular formula is C22H31N3O5. The van der Waals surface area contributed by atoms with Gasteiger partial charge in [-0.1, -0.05) is 12.8 Å². The van der Waals surface area contributed by atoms with E-state index >= 15 is 0 Å². The molecule has 1 aliphatic heterocycles. The Morgan fingerprint density at radius 1 is 1.03 bits per heavy atom. The maximum absolute atomic E-state index is 13.2. The molecule has 164 valence electrons. The molecule has 30 heavy (non-hydrogen) atoms. The highest BCUT2D eigenvalue weighted by Crippen LogP contribution is 2.32.